The number of aryl methyl sites for hydroxylation is 1. The Bertz CT molecular complexity index is 355. The van der Waals surface area contributed by atoms with Gasteiger partial charge in [-0.2, -0.15) is 4.98 Å². The summed E-state index contributed by atoms with van der Waals surface area (Å²) in [6, 6.07) is 4.06. The minimum Gasteiger partial charge on any atom is -0.351 e. The number of nitrogens with two attached hydrogens (primary N) is 1. The third kappa shape index (κ3) is 1.18. The predicted molar refractivity (Wildman–Crippen MR) is 46.8 cm³/mol. The molecule has 0 spiro atoms. The van der Waals surface area contributed by atoms with Gasteiger partial charge in [-0.25, -0.2) is 0 Å². The molecule has 0 saturated carbocycles. The molecule has 5 heteroatoms. The molecule has 0 bridgehead atoms. The minimum atomic E-state index is 0.107. The summed E-state index contributed by atoms with van der Waals surface area (Å²) in [6.07, 6.45) is 0. The van der Waals surface area contributed by atoms with E-state index in [1.165, 1.54) is 4.88 Å². The first-order chi connectivity index (χ1) is 5.75. The smallest absolute Gasteiger partial charge is 0.319 e. The summed E-state index contributed by atoms with van der Waals surface area (Å²) in [5.74, 6) is 0.561. The minimum absolute atomic E-state index is 0.107. The van der Waals surface area contributed by atoms with E-state index in [4.69, 9.17) is 5.73 Å². The monoisotopic (exact) mass is 181 g/mol. The molecular weight excluding hydrogens is 174 g/mol. The molecule has 12 heavy (non-hydrogen) atoms. The number of nitrogens with zero attached hydrogens (tertiary/aromatic N) is 2. The number of thiophene rings is 1. The molecule has 0 radical (unpaired) electrons. The molecule has 0 aromatic carbocycles. The number of hydrogen-bond donors (Lipinski definition) is 1. The lowest BCUT2D eigenvalue weighted by molar-refractivity contribution is 0.437. The first kappa shape index (κ1) is 7.30. The molecule has 0 amide bonds. The van der Waals surface area contributed by atoms with Gasteiger partial charge in [0.05, 0.1) is 4.88 Å². The van der Waals surface area contributed by atoms with Crippen LogP contribution in [0.3, 0.4) is 0 Å². The highest BCUT2D eigenvalue weighted by Gasteiger charge is 2.07. The zero-order chi connectivity index (χ0) is 8.55. The standard InChI is InChI=1S/C7H7N3OS/c1-4-2-3-5(12-4)6-9-7(8)11-10-6/h2-3H,1H3,(H2,8,9,10). The van der Waals surface area contributed by atoms with Crippen LogP contribution in [-0.4, -0.2) is 10.1 Å². The van der Waals surface area contributed by atoms with Crippen LogP contribution in [0, 0.1) is 6.92 Å². The van der Waals surface area contributed by atoms with Crippen LogP contribution in [0.1, 0.15) is 4.88 Å². The van der Waals surface area contributed by atoms with E-state index in [0.717, 1.165) is 4.88 Å². The van der Waals surface area contributed by atoms with Gasteiger partial charge in [0.2, 0.25) is 5.82 Å². The highest BCUT2D eigenvalue weighted by atomic mass is 32.1. The van der Waals surface area contributed by atoms with Crippen molar-refractivity contribution in [2.24, 2.45) is 0 Å². The van der Waals surface area contributed by atoms with E-state index in [1.54, 1.807) is 11.3 Å². The van der Waals surface area contributed by atoms with Crippen LogP contribution in [0.4, 0.5) is 6.01 Å². The first-order valence-corrected chi connectivity index (χ1v) is 4.23. The van der Waals surface area contributed by atoms with E-state index in [0.29, 0.717) is 5.82 Å². The van der Waals surface area contributed by atoms with E-state index >= 15 is 0 Å². The Kier molecular flexibility index (Phi) is 1.58. The van der Waals surface area contributed by atoms with Gasteiger partial charge in [-0.1, -0.05) is 5.16 Å². The van der Waals surface area contributed by atoms with Gasteiger partial charge in [-0.15, -0.1) is 11.3 Å². The summed E-state index contributed by atoms with van der Waals surface area (Å²) in [6.45, 7) is 2.03. The maximum atomic E-state index is 5.29. The van der Waals surface area contributed by atoms with Crippen molar-refractivity contribution in [1.29, 1.82) is 0 Å². The zero-order valence-electron chi connectivity index (χ0n) is 6.44. The van der Waals surface area contributed by atoms with E-state index < -0.39 is 0 Å². The molecule has 2 rings (SSSR count). The molecule has 0 aliphatic rings. The third-order valence-electron chi connectivity index (χ3n) is 1.40. The predicted octanol–water partition coefficient (Wildman–Crippen LogP) is 1.69. The van der Waals surface area contributed by atoms with Gasteiger partial charge in [0.1, 0.15) is 0 Å². The van der Waals surface area contributed by atoms with Crippen LogP contribution in [0.25, 0.3) is 10.7 Å². The SMILES string of the molecule is Cc1ccc(-c2noc(N)n2)s1. The fraction of sp³-hybridized carbons (Fsp3) is 0.143. The van der Waals surface area contributed by atoms with Crippen LogP contribution in [0.2, 0.25) is 0 Å². The lowest BCUT2D eigenvalue weighted by atomic mass is 10.4. The van der Waals surface area contributed by atoms with E-state index in [2.05, 4.69) is 14.7 Å². The number of hydrogen-bond acceptors (Lipinski definition) is 5. The summed E-state index contributed by atoms with van der Waals surface area (Å²) < 4.78 is 4.65. The maximum Gasteiger partial charge on any atom is 0.319 e. The average molecular weight is 181 g/mol. The zero-order valence-corrected chi connectivity index (χ0v) is 7.26. The van der Waals surface area contributed by atoms with Gasteiger partial charge in [0.15, 0.2) is 0 Å². The second kappa shape index (κ2) is 2.60. The molecule has 2 aromatic heterocycles. The highest BCUT2D eigenvalue weighted by molar-refractivity contribution is 7.15. The lowest BCUT2D eigenvalue weighted by Gasteiger charge is -1.81. The molecule has 0 aliphatic carbocycles. The second-order valence-electron chi connectivity index (χ2n) is 2.37. The summed E-state index contributed by atoms with van der Waals surface area (Å²) in [4.78, 5) is 6.10. The van der Waals surface area contributed by atoms with Crippen molar-refractivity contribution in [3.8, 4) is 10.7 Å². The quantitative estimate of drug-likeness (QED) is 0.727. The molecule has 2 aromatic rings. The van der Waals surface area contributed by atoms with E-state index in [9.17, 15) is 0 Å². The molecule has 4 nitrogen and oxygen atoms in total. The van der Waals surface area contributed by atoms with E-state index in [-0.39, 0.29) is 6.01 Å². The maximum absolute atomic E-state index is 5.29. The van der Waals surface area contributed by atoms with Crippen molar-refractivity contribution in [2.75, 3.05) is 5.73 Å². The first-order valence-electron chi connectivity index (χ1n) is 3.42. The number of nitrogen functional groups attached to an aromatic ring is 1. The molecule has 62 valence electrons. The molecule has 0 unspecified atom stereocenters. The van der Waals surface area contributed by atoms with Crippen LogP contribution >= 0.6 is 11.3 Å². The highest BCUT2D eigenvalue weighted by Crippen LogP contribution is 2.25. The Balaban J connectivity index is 2.43. The van der Waals surface area contributed by atoms with Crippen molar-refractivity contribution in [3.63, 3.8) is 0 Å². The summed E-state index contributed by atoms with van der Waals surface area (Å²) in [5.41, 5.74) is 5.29. The van der Waals surface area contributed by atoms with Gasteiger partial charge in [-0.05, 0) is 19.1 Å². The van der Waals surface area contributed by atoms with Gasteiger partial charge >= 0.3 is 6.01 Å². The van der Waals surface area contributed by atoms with Crippen LogP contribution in [-0.2, 0) is 0 Å². The van der Waals surface area contributed by atoms with Gasteiger partial charge in [0.25, 0.3) is 0 Å². The summed E-state index contributed by atoms with van der Waals surface area (Å²) in [5, 5.41) is 3.70. The Morgan fingerprint density at radius 1 is 1.50 bits per heavy atom. The van der Waals surface area contributed by atoms with Crippen molar-refractivity contribution in [1.82, 2.24) is 10.1 Å². The number of aromatic nitrogens is 2. The second-order valence-corrected chi connectivity index (χ2v) is 3.65. The van der Waals surface area contributed by atoms with Crippen molar-refractivity contribution < 1.29 is 4.52 Å². The molecule has 2 N–H and O–H groups in total. The molecule has 0 saturated heterocycles. The lowest BCUT2D eigenvalue weighted by Crippen LogP contribution is -1.81. The van der Waals surface area contributed by atoms with Crippen molar-refractivity contribution in [2.45, 2.75) is 6.92 Å². The van der Waals surface area contributed by atoms with Gasteiger partial charge < -0.3 is 10.3 Å². The number of rotatable bonds is 1. The molecular formula is C7H7N3OS. The Labute approximate surface area is 73.0 Å². The molecule has 0 atom stereocenters. The third-order valence-corrected chi connectivity index (χ3v) is 2.40. The Hall–Kier alpha value is -1.36. The topological polar surface area (TPSA) is 64.9 Å². The Morgan fingerprint density at radius 3 is 2.83 bits per heavy atom. The van der Waals surface area contributed by atoms with Crippen LogP contribution in [0.5, 0.6) is 0 Å². The fourth-order valence-electron chi connectivity index (χ4n) is 0.890. The molecule has 0 fully saturated rings. The van der Waals surface area contributed by atoms with Crippen molar-refractivity contribution in [3.05, 3.63) is 17.0 Å². The molecule has 2 heterocycles. The molecule has 0 aliphatic heterocycles. The Morgan fingerprint density at radius 2 is 2.33 bits per heavy atom. The number of anilines is 1. The van der Waals surface area contributed by atoms with Crippen LogP contribution < -0.4 is 5.73 Å². The van der Waals surface area contributed by atoms with E-state index in [1.807, 2.05) is 19.1 Å². The van der Waals surface area contributed by atoms with Gasteiger partial charge in [-0.3, -0.25) is 0 Å². The normalized spacial score (nSPS) is 10.4. The van der Waals surface area contributed by atoms with Crippen LogP contribution in [0.15, 0.2) is 16.7 Å². The fourth-order valence-corrected chi connectivity index (χ4v) is 1.68. The van der Waals surface area contributed by atoms with Crippen molar-refractivity contribution >= 4 is 17.4 Å². The summed E-state index contributed by atoms with van der Waals surface area (Å²) in [7, 11) is 0. The largest absolute Gasteiger partial charge is 0.351 e. The average Bonchev–Trinajstić information content (AvgIpc) is 2.58. The van der Waals surface area contributed by atoms with Gasteiger partial charge in [0, 0.05) is 4.88 Å². The summed E-state index contributed by atoms with van der Waals surface area (Å²) >= 11 is 1.61.